The van der Waals surface area contributed by atoms with Crippen molar-refractivity contribution in [1.29, 1.82) is 0 Å². The largest absolute Gasteiger partial charge is 0.269 e. The number of pyridine rings is 2. The second-order valence-corrected chi connectivity index (χ2v) is 5.39. The number of nitrogens with zero attached hydrogens (tertiary/aromatic N) is 2. The molecule has 0 unspecified atom stereocenters. The molecular weight excluding hydrogens is 288 g/mol. The molecule has 0 amide bonds. The standard InChI is InChI=1S/C19H13N2O2/c22-21(23)16-10-8-14(9-11-16)19-17-6-2-1-5-15(17)13-20-12-4-3-7-18(19)20/h1-13H/q+1. The van der Waals surface area contributed by atoms with Crippen LogP contribution in [0, 0.1) is 10.1 Å². The van der Waals surface area contributed by atoms with Crippen LogP contribution in [0.15, 0.2) is 79.1 Å². The van der Waals surface area contributed by atoms with Crippen LogP contribution in [0.5, 0.6) is 0 Å². The highest BCUT2D eigenvalue weighted by atomic mass is 16.6. The van der Waals surface area contributed by atoms with Crippen molar-refractivity contribution in [1.82, 2.24) is 0 Å². The molecule has 0 saturated heterocycles. The number of hydrogen-bond acceptors (Lipinski definition) is 2. The van der Waals surface area contributed by atoms with Gasteiger partial charge in [-0.2, -0.15) is 4.40 Å². The van der Waals surface area contributed by atoms with Crippen LogP contribution in [0.1, 0.15) is 0 Å². The third-order valence-corrected chi connectivity index (χ3v) is 4.02. The Kier molecular flexibility index (Phi) is 3.01. The van der Waals surface area contributed by atoms with Crippen LogP contribution in [0.4, 0.5) is 5.69 Å². The van der Waals surface area contributed by atoms with Gasteiger partial charge < -0.3 is 0 Å². The highest BCUT2D eigenvalue weighted by molar-refractivity contribution is 6.01. The normalized spacial score (nSPS) is 11.0. The molecule has 2 aromatic carbocycles. The average molecular weight is 301 g/mol. The van der Waals surface area contributed by atoms with Crippen molar-refractivity contribution in [3.63, 3.8) is 0 Å². The Labute approximate surface area is 132 Å². The van der Waals surface area contributed by atoms with E-state index < -0.39 is 0 Å². The van der Waals surface area contributed by atoms with E-state index in [1.54, 1.807) is 12.1 Å². The van der Waals surface area contributed by atoms with Crippen LogP contribution >= 0.6 is 0 Å². The molecule has 0 atom stereocenters. The lowest BCUT2D eigenvalue weighted by Gasteiger charge is -2.07. The number of fused-ring (bicyclic) bond motifs is 2. The van der Waals surface area contributed by atoms with E-state index in [0.717, 1.165) is 27.4 Å². The molecule has 0 aliphatic heterocycles. The molecule has 4 aromatic rings. The minimum absolute atomic E-state index is 0.103. The Morgan fingerprint density at radius 2 is 1.61 bits per heavy atom. The van der Waals surface area contributed by atoms with E-state index in [1.165, 1.54) is 0 Å². The van der Waals surface area contributed by atoms with Crippen LogP contribution in [-0.2, 0) is 0 Å². The molecule has 0 N–H and O–H groups in total. The summed E-state index contributed by atoms with van der Waals surface area (Å²) in [5, 5.41) is 13.1. The molecule has 2 aromatic heterocycles. The number of nitro benzene ring substituents is 1. The minimum Gasteiger partial charge on any atom is -0.258 e. The molecule has 0 saturated carbocycles. The molecule has 0 spiro atoms. The third-order valence-electron chi connectivity index (χ3n) is 4.02. The number of non-ortho nitro benzene ring substituents is 1. The van der Waals surface area contributed by atoms with E-state index in [4.69, 9.17) is 0 Å². The van der Waals surface area contributed by atoms with Gasteiger partial charge in [-0.15, -0.1) is 0 Å². The predicted molar refractivity (Wildman–Crippen MR) is 89.2 cm³/mol. The minimum atomic E-state index is -0.375. The first kappa shape index (κ1) is 13.4. The maximum Gasteiger partial charge on any atom is 0.269 e. The van der Waals surface area contributed by atoms with Gasteiger partial charge in [-0.3, -0.25) is 10.1 Å². The summed E-state index contributed by atoms with van der Waals surface area (Å²) in [6.45, 7) is 0. The van der Waals surface area contributed by atoms with Gasteiger partial charge in [0, 0.05) is 35.0 Å². The molecule has 4 rings (SSSR count). The van der Waals surface area contributed by atoms with Crippen LogP contribution in [0.3, 0.4) is 0 Å². The maximum atomic E-state index is 10.9. The van der Waals surface area contributed by atoms with Crippen LogP contribution in [0.2, 0.25) is 0 Å². The predicted octanol–water partition coefficient (Wildman–Crippen LogP) is 4.15. The fourth-order valence-electron chi connectivity index (χ4n) is 2.96. The van der Waals surface area contributed by atoms with Gasteiger partial charge in [0.05, 0.1) is 10.5 Å². The van der Waals surface area contributed by atoms with E-state index in [2.05, 4.69) is 28.8 Å². The second-order valence-electron chi connectivity index (χ2n) is 5.39. The van der Waals surface area contributed by atoms with E-state index in [-0.39, 0.29) is 10.6 Å². The Hall–Kier alpha value is -3.27. The van der Waals surface area contributed by atoms with Gasteiger partial charge >= 0.3 is 0 Å². The van der Waals surface area contributed by atoms with Crippen LogP contribution in [0.25, 0.3) is 27.4 Å². The number of rotatable bonds is 2. The van der Waals surface area contributed by atoms with Crippen molar-refractivity contribution >= 4 is 22.0 Å². The van der Waals surface area contributed by atoms with Crippen molar-refractivity contribution in [3.8, 4) is 11.1 Å². The fraction of sp³-hybridized carbons (Fsp3) is 0. The Bertz CT molecular complexity index is 986. The van der Waals surface area contributed by atoms with Gasteiger partial charge in [-0.1, -0.05) is 18.2 Å². The Morgan fingerprint density at radius 3 is 2.39 bits per heavy atom. The molecule has 0 aliphatic rings. The summed E-state index contributed by atoms with van der Waals surface area (Å²) in [5.41, 5.74) is 3.22. The summed E-state index contributed by atoms with van der Waals surface area (Å²) in [6, 6.07) is 21.0. The number of nitro groups is 1. The zero-order valence-electron chi connectivity index (χ0n) is 12.2. The second kappa shape index (κ2) is 5.18. The van der Waals surface area contributed by atoms with E-state index in [1.807, 2.05) is 42.6 Å². The molecule has 0 fully saturated rings. The van der Waals surface area contributed by atoms with Gasteiger partial charge in [-0.25, -0.2) is 0 Å². The third kappa shape index (κ3) is 2.21. The molecule has 0 aliphatic carbocycles. The summed E-state index contributed by atoms with van der Waals surface area (Å²) < 4.78 is 2.08. The highest BCUT2D eigenvalue weighted by Crippen LogP contribution is 2.31. The summed E-state index contributed by atoms with van der Waals surface area (Å²) >= 11 is 0. The first-order valence-corrected chi connectivity index (χ1v) is 7.30. The zero-order valence-corrected chi connectivity index (χ0v) is 12.2. The molecule has 4 heteroatoms. The molecule has 2 heterocycles. The van der Waals surface area contributed by atoms with Crippen molar-refractivity contribution in [2.75, 3.05) is 0 Å². The Balaban J connectivity index is 2.08. The van der Waals surface area contributed by atoms with Gasteiger partial charge in [0.15, 0.2) is 12.4 Å². The van der Waals surface area contributed by atoms with Crippen molar-refractivity contribution in [2.24, 2.45) is 0 Å². The van der Waals surface area contributed by atoms with Crippen LogP contribution in [-0.4, -0.2) is 4.92 Å². The van der Waals surface area contributed by atoms with E-state index in [0.29, 0.717) is 0 Å². The molecule has 0 bridgehead atoms. The molecule has 110 valence electrons. The lowest BCUT2D eigenvalue weighted by atomic mass is 9.98. The Morgan fingerprint density at radius 1 is 0.870 bits per heavy atom. The fourth-order valence-corrected chi connectivity index (χ4v) is 2.96. The quantitative estimate of drug-likeness (QED) is 0.242. The van der Waals surface area contributed by atoms with Crippen molar-refractivity contribution in [2.45, 2.75) is 0 Å². The topological polar surface area (TPSA) is 47.2 Å². The number of aromatic nitrogens is 1. The van der Waals surface area contributed by atoms with Gasteiger partial charge in [0.1, 0.15) is 0 Å². The highest BCUT2D eigenvalue weighted by Gasteiger charge is 2.16. The SMILES string of the molecule is O=[N+]([O-])c1ccc(-c2c3ccccc3c[n+]3ccccc23)cc1. The lowest BCUT2D eigenvalue weighted by molar-refractivity contribution is -0.509. The molecule has 0 radical (unpaired) electrons. The molecule has 4 nitrogen and oxygen atoms in total. The number of hydrogen-bond donors (Lipinski definition) is 0. The zero-order chi connectivity index (χ0) is 15.8. The lowest BCUT2D eigenvalue weighted by Crippen LogP contribution is -2.21. The first-order valence-electron chi connectivity index (χ1n) is 7.30. The smallest absolute Gasteiger partial charge is 0.258 e. The molecule has 23 heavy (non-hydrogen) atoms. The summed E-state index contributed by atoms with van der Waals surface area (Å²) in [7, 11) is 0. The number of benzene rings is 2. The van der Waals surface area contributed by atoms with Crippen LogP contribution < -0.4 is 4.40 Å². The van der Waals surface area contributed by atoms with Crippen molar-refractivity contribution < 1.29 is 9.32 Å². The van der Waals surface area contributed by atoms with Gasteiger partial charge in [0.25, 0.3) is 5.69 Å². The average Bonchev–Trinajstić information content (AvgIpc) is 2.59. The first-order chi connectivity index (χ1) is 11.2. The maximum absolute atomic E-state index is 10.9. The van der Waals surface area contributed by atoms with E-state index >= 15 is 0 Å². The molecular formula is C19H13N2O2+. The summed E-state index contributed by atoms with van der Waals surface area (Å²) in [6.07, 6.45) is 4.11. The van der Waals surface area contributed by atoms with Crippen molar-refractivity contribution in [3.05, 3.63) is 89.2 Å². The summed E-state index contributed by atoms with van der Waals surface area (Å²) in [4.78, 5) is 10.5. The van der Waals surface area contributed by atoms with E-state index in [9.17, 15) is 10.1 Å². The van der Waals surface area contributed by atoms with Gasteiger partial charge in [0.2, 0.25) is 5.52 Å². The van der Waals surface area contributed by atoms with Gasteiger partial charge in [-0.05, 0) is 29.8 Å². The summed E-state index contributed by atoms with van der Waals surface area (Å²) in [5.74, 6) is 0. The monoisotopic (exact) mass is 301 g/mol.